The number of carbonyl (C=O) groups is 2. The summed E-state index contributed by atoms with van der Waals surface area (Å²) in [5.41, 5.74) is 0.494. The number of aromatic nitrogens is 1. The lowest BCUT2D eigenvalue weighted by Crippen LogP contribution is -2.34. The zero-order valence-corrected chi connectivity index (χ0v) is 12.7. The number of amides is 1. The van der Waals surface area contributed by atoms with E-state index in [1.54, 1.807) is 5.38 Å². The van der Waals surface area contributed by atoms with Gasteiger partial charge in [-0.05, 0) is 30.5 Å². The normalized spacial score (nSPS) is 11.9. The Hall–Kier alpha value is -2.28. The van der Waals surface area contributed by atoms with Crippen molar-refractivity contribution in [1.82, 2.24) is 10.3 Å². The van der Waals surface area contributed by atoms with Gasteiger partial charge in [-0.15, -0.1) is 11.3 Å². The van der Waals surface area contributed by atoms with Gasteiger partial charge in [0.15, 0.2) is 6.04 Å². The number of nitrogens with one attached hydrogen (secondary N) is 1. The molecule has 0 fully saturated rings. The van der Waals surface area contributed by atoms with Crippen molar-refractivity contribution in [3.8, 4) is 0 Å². The molecular weight excluding hydrogens is 307 g/mol. The van der Waals surface area contributed by atoms with E-state index >= 15 is 0 Å². The van der Waals surface area contributed by atoms with Crippen LogP contribution < -0.4 is 5.32 Å². The average Bonchev–Trinajstić information content (AvgIpc) is 2.94. The SMILES string of the molecule is CCCc1nc(C(=O)NC(C(=O)O)c2ccc(F)cc2)cs1. The van der Waals surface area contributed by atoms with Crippen LogP contribution in [0.4, 0.5) is 4.39 Å². The molecule has 1 atom stereocenters. The Morgan fingerprint density at radius 1 is 1.36 bits per heavy atom. The molecule has 0 aliphatic carbocycles. The number of rotatable bonds is 6. The van der Waals surface area contributed by atoms with Gasteiger partial charge in [0.2, 0.25) is 0 Å². The summed E-state index contributed by atoms with van der Waals surface area (Å²) < 4.78 is 12.9. The minimum absolute atomic E-state index is 0.196. The third kappa shape index (κ3) is 3.88. The average molecular weight is 322 g/mol. The van der Waals surface area contributed by atoms with Crippen LogP contribution in [0.2, 0.25) is 0 Å². The highest BCUT2D eigenvalue weighted by Gasteiger charge is 2.23. The fraction of sp³-hybridized carbons (Fsp3) is 0.267. The summed E-state index contributed by atoms with van der Waals surface area (Å²) in [6.07, 6.45) is 1.69. The zero-order chi connectivity index (χ0) is 16.1. The second-order valence-electron chi connectivity index (χ2n) is 4.67. The molecule has 1 aromatic carbocycles. The predicted octanol–water partition coefficient (Wildman–Crippen LogP) is 2.79. The predicted molar refractivity (Wildman–Crippen MR) is 80.4 cm³/mol. The highest BCUT2D eigenvalue weighted by atomic mass is 32.1. The lowest BCUT2D eigenvalue weighted by Gasteiger charge is -2.14. The van der Waals surface area contributed by atoms with Crippen molar-refractivity contribution in [3.63, 3.8) is 0 Å². The van der Waals surface area contributed by atoms with E-state index in [2.05, 4.69) is 10.3 Å². The molecule has 2 rings (SSSR count). The number of thiazole rings is 1. The van der Waals surface area contributed by atoms with Crippen LogP contribution in [0.3, 0.4) is 0 Å². The summed E-state index contributed by atoms with van der Waals surface area (Å²) >= 11 is 1.37. The Labute approximate surface area is 130 Å². The second-order valence-corrected chi connectivity index (χ2v) is 5.62. The second kappa shape index (κ2) is 7.13. The number of hydrogen-bond donors (Lipinski definition) is 2. The van der Waals surface area contributed by atoms with Crippen LogP contribution in [-0.4, -0.2) is 22.0 Å². The molecular formula is C15H15FN2O3S. The van der Waals surface area contributed by atoms with E-state index in [-0.39, 0.29) is 5.69 Å². The Balaban J connectivity index is 2.14. The van der Waals surface area contributed by atoms with Crippen LogP contribution in [0.15, 0.2) is 29.6 Å². The summed E-state index contributed by atoms with van der Waals surface area (Å²) in [5.74, 6) is -2.25. The molecule has 7 heteroatoms. The van der Waals surface area contributed by atoms with Crippen LogP contribution in [0.1, 0.15) is 40.4 Å². The molecule has 0 spiro atoms. The monoisotopic (exact) mass is 322 g/mol. The molecule has 2 aromatic rings. The van der Waals surface area contributed by atoms with Gasteiger partial charge in [0.25, 0.3) is 5.91 Å². The Kier molecular flexibility index (Phi) is 5.21. The quantitative estimate of drug-likeness (QED) is 0.857. The molecule has 0 bridgehead atoms. The van der Waals surface area contributed by atoms with Crippen molar-refractivity contribution in [2.75, 3.05) is 0 Å². The summed E-state index contributed by atoms with van der Waals surface area (Å²) in [5, 5.41) is 14.1. The Bertz CT molecular complexity index is 670. The van der Waals surface area contributed by atoms with E-state index < -0.39 is 23.7 Å². The molecule has 1 amide bonds. The zero-order valence-electron chi connectivity index (χ0n) is 11.9. The molecule has 0 aliphatic rings. The van der Waals surface area contributed by atoms with Gasteiger partial charge < -0.3 is 10.4 Å². The highest BCUT2D eigenvalue weighted by molar-refractivity contribution is 7.09. The maximum Gasteiger partial charge on any atom is 0.330 e. The number of aryl methyl sites for hydroxylation is 1. The lowest BCUT2D eigenvalue weighted by atomic mass is 10.1. The number of benzene rings is 1. The van der Waals surface area contributed by atoms with Crippen LogP contribution in [0.5, 0.6) is 0 Å². The van der Waals surface area contributed by atoms with Gasteiger partial charge in [0, 0.05) is 5.38 Å². The Morgan fingerprint density at radius 2 is 2.05 bits per heavy atom. The van der Waals surface area contributed by atoms with E-state index in [1.165, 1.54) is 23.5 Å². The van der Waals surface area contributed by atoms with Crippen molar-refractivity contribution in [3.05, 3.63) is 51.7 Å². The molecule has 1 heterocycles. The van der Waals surface area contributed by atoms with Crippen LogP contribution in [0.25, 0.3) is 0 Å². The number of hydrogen-bond acceptors (Lipinski definition) is 4. The third-order valence-electron chi connectivity index (χ3n) is 2.97. The van der Waals surface area contributed by atoms with E-state index in [9.17, 15) is 19.1 Å². The van der Waals surface area contributed by atoms with E-state index in [0.29, 0.717) is 5.56 Å². The van der Waals surface area contributed by atoms with E-state index in [1.807, 2.05) is 6.92 Å². The van der Waals surface area contributed by atoms with Crippen LogP contribution >= 0.6 is 11.3 Å². The van der Waals surface area contributed by atoms with Crippen molar-refractivity contribution in [1.29, 1.82) is 0 Å². The molecule has 116 valence electrons. The molecule has 1 aromatic heterocycles. The standard InChI is InChI=1S/C15H15FN2O3S/c1-2-3-12-17-11(8-22-12)14(19)18-13(15(20)21)9-4-6-10(16)7-5-9/h4-8,13H,2-3H2,1H3,(H,18,19)(H,20,21). The van der Waals surface area contributed by atoms with Crippen LogP contribution in [0, 0.1) is 5.82 Å². The minimum atomic E-state index is -1.25. The maximum atomic E-state index is 12.9. The largest absolute Gasteiger partial charge is 0.479 e. The van der Waals surface area contributed by atoms with E-state index in [0.717, 1.165) is 30.0 Å². The van der Waals surface area contributed by atoms with Crippen LogP contribution in [-0.2, 0) is 11.2 Å². The van der Waals surface area contributed by atoms with Gasteiger partial charge in [-0.2, -0.15) is 0 Å². The highest BCUT2D eigenvalue weighted by Crippen LogP contribution is 2.16. The van der Waals surface area contributed by atoms with Gasteiger partial charge in [0.05, 0.1) is 5.01 Å². The van der Waals surface area contributed by atoms with Crippen molar-refractivity contribution < 1.29 is 19.1 Å². The fourth-order valence-corrected chi connectivity index (χ4v) is 2.77. The topological polar surface area (TPSA) is 79.3 Å². The number of aliphatic carboxylic acids is 1. The molecule has 1 unspecified atom stereocenters. The van der Waals surface area contributed by atoms with Gasteiger partial charge in [-0.1, -0.05) is 19.1 Å². The Morgan fingerprint density at radius 3 is 2.64 bits per heavy atom. The number of carbonyl (C=O) groups excluding carboxylic acids is 1. The van der Waals surface area contributed by atoms with E-state index in [4.69, 9.17) is 0 Å². The first-order valence-corrected chi connectivity index (χ1v) is 7.62. The van der Waals surface area contributed by atoms with Gasteiger partial charge in [0.1, 0.15) is 11.5 Å². The molecule has 5 nitrogen and oxygen atoms in total. The van der Waals surface area contributed by atoms with Gasteiger partial charge >= 0.3 is 5.97 Å². The summed E-state index contributed by atoms with van der Waals surface area (Å²) in [7, 11) is 0. The molecule has 0 radical (unpaired) electrons. The summed E-state index contributed by atoms with van der Waals surface area (Å²) in [6, 6.07) is 3.72. The fourth-order valence-electron chi connectivity index (χ4n) is 1.89. The first kappa shape index (κ1) is 16.1. The summed E-state index contributed by atoms with van der Waals surface area (Å²) in [6.45, 7) is 2.01. The maximum absolute atomic E-state index is 12.9. The van der Waals surface area contributed by atoms with Gasteiger partial charge in [-0.25, -0.2) is 14.2 Å². The van der Waals surface area contributed by atoms with Crippen molar-refractivity contribution in [2.45, 2.75) is 25.8 Å². The van der Waals surface area contributed by atoms with Gasteiger partial charge in [-0.3, -0.25) is 4.79 Å². The molecule has 0 saturated carbocycles. The molecule has 2 N–H and O–H groups in total. The smallest absolute Gasteiger partial charge is 0.330 e. The molecule has 0 saturated heterocycles. The number of nitrogens with zero attached hydrogens (tertiary/aromatic N) is 1. The lowest BCUT2D eigenvalue weighted by molar-refractivity contribution is -0.139. The number of carboxylic acid groups (broad SMARTS) is 1. The number of halogens is 1. The first-order chi connectivity index (χ1) is 10.5. The third-order valence-corrected chi connectivity index (χ3v) is 3.88. The number of carboxylic acids is 1. The van der Waals surface area contributed by atoms with Crippen molar-refractivity contribution in [2.24, 2.45) is 0 Å². The summed E-state index contributed by atoms with van der Waals surface area (Å²) in [4.78, 5) is 27.6. The minimum Gasteiger partial charge on any atom is -0.479 e. The molecule has 0 aliphatic heterocycles. The molecule has 22 heavy (non-hydrogen) atoms. The first-order valence-electron chi connectivity index (χ1n) is 6.74. The van der Waals surface area contributed by atoms with Crippen molar-refractivity contribution >= 4 is 23.2 Å².